The fourth-order valence-corrected chi connectivity index (χ4v) is 5.37. The van der Waals surface area contributed by atoms with Gasteiger partial charge in [0, 0.05) is 37.8 Å². The second kappa shape index (κ2) is 14.7. The van der Waals surface area contributed by atoms with Crippen molar-refractivity contribution < 1.29 is 19.1 Å². The summed E-state index contributed by atoms with van der Waals surface area (Å²) in [5.74, 6) is 1.05. The van der Waals surface area contributed by atoms with Crippen LogP contribution in [0.4, 0.5) is 5.69 Å². The molecule has 0 aliphatic carbocycles. The van der Waals surface area contributed by atoms with Crippen LogP contribution < -0.4 is 14.4 Å². The normalized spacial score (nSPS) is 12.7. The number of unbranched alkanes of at least 4 members (excludes halogenated alkanes) is 8. The highest BCUT2D eigenvalue weighted by molar-refractivity contribution is 6.21. The number of aromatic nitrogens is 1. The van der Waals surface area contributed by atoms with Crippen LogP contribution in [0, 0.1) is 0 Å². The maximum atomic E-state index is 12.6. The van der Waals surface area contributed by atoms with Crippen molar-refractivity contribution in [2.24, 2.45) is 0 Å². The number of carbonyl (C=O) groups is 2. The first-order valence-corrected chi connectivity index (χ1v) is 14.8. The van der Waals surface area contributed by atoms with E-state index in [1.807, 2.05) is 25.2 Å². The van der Waals surface area contributed by atoms with Gasteiger partial charge in [-0.2, -0.15) is 0 Å². The van der Waals surface area contributed by atoms with Crippen LogP contribution in [0.5, 0.6) is 11.5 Å². The van der Waals surface area contributed by atoms with Gasteiger partial charge >= 0.3 is 0 Å². The molecule has 3 aromatic rings. The number of anilines is 1. The van der Waals surface area contributed by atoms with E-state index < -0.39 is 0 Å². The largest absolute Gasteiger partial charge is 0.493 e. The first kappa shape index (κ1) is 29.4. The maximum Gasteiger partial charge on any atom is 0.261 e. The number of nitrogens with zero attached hydrogens (tertiary/aromatic N) is 3. The summed E-state index contributed by atoms with van der Waals surface area (Å²) in [5.41, 5.74) is 2.84. The van der Waals surface area contributed by atoms with E-state index in [-0.39, 0.29) is 11.8 Å². The molecule has 0 saturated carbocycles. The lowest BCUT2D eigenvalue weighted by atomic mass is 10.1. The first-order chi connectivity index (χ1) is 19.6. The Hall–Kier alpha value is -3.61. The topological polar surface area (TPSA) is 72.0 Å². The van der Waals surface area contributed by atoms with E-state index in [0.717, 1.165) is 48.1 Å². The highest BCUT2D eigenvalue weighted by atomic mass is 16.5. The Kier molecular flexibility index (Phi) is 10.8. The van der Waals surface area contributed by atoms with Gasteiger partial charge in [-0.05, 0) is 43.5 Å². The minimum absolute atomic E-state index is 0.198. The van der Waals surface area contributed by atoms with Gasteiger partial charge in [0.25, 0.3) is 11.8 Å². The lowest BCUT2D eigenvalue weighted by molar-refractivity contribution is 0.0652. The molecule has 7 heteroatoms. The minimum Gasteiger partial charge on any atom is -0.493 e. The van der Waals surface area contributed by atoms with Gasteiger partial charge in [0.05, 0.1) is 36.0 Å². The number of benzene rings is 2. The molecule has 0 radical (unpaired) electrons. The summed E-state index contributed by atoms with van der Waals surface area (Å²) >= 11 is 0. The van der Waals surface area contributed by atoms with Gasteiger partial charge in [0.15, 0.2) is 11.5 Å². The van der Waals surface area contributed by atoms with E-state index >= 15 is 0 Å². The standard InChI is InChI=1S/C33H43N3O4/c1-4-5-6-7-8-9-10-15-23-40-31-27-19-16-20-34-30(27)28(24-29(31)39-3)35(2)21-13-14-22-36-32(37)25-17-11-12-18-26(25)33(36)38/h11-12,16-20,24H,4-10,13-15,21-23H2,1-3H3. The van der Waals surface area contributed by atoms with Crippen LogP contribution in [0.25, 0.3) is 10.9 Å². The zero-order valence-electron chi connectivity index (χ0n) is 24.3. The van der Waals surface area contributed by atoms with Gasteiger partial charge in [0.2, 0.25) is 0 Å². The Bertz CT molecular complexity index is 1260. The summed E-state index contributed by atoms with van der Waals surface area (Å²) in [6, 6.07) is 13.0. The number of hydrogen-bond donors (Lipinski definition) is 0. The summed E-state index contributed by atoms with van der Waals surface area (Å²) in [5, 5.41) is 0.939. The van der Waals surface area contributed by atoms with Crippen molar-refractivity contribution in [3.8, 4) is 11.5 Å². The van der Waals surface area contributed by atoms with Crippen molar-refractivity contribution in [3.05, 3.63) is 59.8 Å². The summed E-state index contributed by atoms with van der Waals surface area (Å²) in [4.78, 5) is 33.5. The highest BCUT2D eigenvalue weighted by Gasteiger charge is 2.34. The smallest absolute Gasteiger partial charge is 0.261 e. The third-order valence-electron chi connectivity index (χ3n) is 7.67. The van der Waals surface area contributed by atoms with Gasteiger partial charge in [-0.1, -0.05) is 64.0 Å². The van der Waals surface area contributed by atoms with Crippen molar-refractivity contribution in [1.82, 2.24) is 9.88 Å². The molecule has 0 bridgehead atoms. The SMILES string of the molecule is CCCCCCCCCCOc1c(OC)cc(N(C)CCCCN2C(=O)c3ccccc3C2=O)c2ncccc12. The molecule has 1 aromatic heterocycles. The molecular formula is C33H43N3O4. The van der Waals surface area contributed by atoms with Gasteiger partial charge in [-0.25, -0.2) is 0 Å². The number of imide groups is 1. The Morgan fingerprint density at radius 2 is 1.52 bits per heavy atom. The molecule has 7 nitrogen and oxygen atoms in total. The fraction of sp³-hybridized carbons (Fsp3) is 0.485. The molecule has 0 saturated heterocycles. The summed E-state index contributed by atoms with van der Waals surface area (Å²) in [6.07, 6.45) is 13.4. The molecule has 40 heavy (non-hydrogen) atoms. The minimum atomic E-state index is -0.198. The van der Waals surface area contributed by atoms with E-state index in [0.29, 0.717) is 30.0 Å². The fourth-order valence-electron chi connectivity index (χ4n) is 5.37. The molecular weight excluding hydrogens is 502 g/mol. The number of pyridine rings is 1. The molecule has 214 valence electrons. The summed E-state index contributed by atoms with van der Waals surface area (Å²) < 4.78 is 12.0. The van der Waals surface area contributed by atoms with Crippen molar-refractivity contribution in [2.75, 3.05) is 38.8 Å². The Labute approximate surface area is 238 Å². The Balaban J connectivity index is 1.32. The second-order valence-electron chi connectivity index (χ2n) is 10.6. The van der Waals surface area contributed by atoms with Gasteiger partial charge in [0.1, 0.15) is 0 Å². The second-order valence-corrected chi connectivity index (χ2v) is 10.6. The summed E-state index contributed by atoms with van der Waals surface area (Å²) in [7, 11) is 3.71. The zero-order valence-corrected chi connectivity index (χ0v) is 24.3. The molecule has 4 rings (SSSR count). The van der Waals surface area contributed by atoms with Crippen LogP contribution in [-0.2, 0) is 0 Å². The van der Waals surface area contributed by atoms with E-state index in [9.17, 15) is 9.59 Å². The van der Waals surface area contributed by atoms with Crippen LogP contribution in [-0.4, -0.2) is 55.6 Å². The molecule has 0 spiro atoms. The van der Waals surface area contributed by atoms with Crippen LogP contribution >= 0.6 is 0 Å². The molecule has 2 heterocycles. The van der Waals surface area contributed by atoms with Gasteiger partial charge in [-0.15, -0.1) is 0 Å². The number of ether oxygens (including phenoxy) is 2. The number of rotatable bonds is 17. The summed E-state index contributed by atoms with van der Waals surface area (Å²) in [6.45, 7) is 4.06. The van der Waals surface area contributed by atoms with Crippen LogP contribution in [0.2, 0.25) is 0 Å². The number of hydrogen-bond acceptors (Lipinski definition) is 6. The average molecular weight is 546 g/mol. The zero-order chi connectivity index (χ0) is 28.3. The lowest BCUT2D eigenvalue weighted by Crippen LogP contribution is -2.31. The number of methoxy groups -OCH3 is 1. The predicted molar refractivity (Wildman–Crippen MR) is 161 cm³/mol. The molecule has 2 aromatic carbocycles. The Morgan fingerprint density at radius 1 is 0.850 bits per heavy atom. The van der Waals surface area contributed by atoms with E-state index in [2.05, 4.69) is 11.8 Å². The van der Waals surface area contributed by atoms with Crippen molar-refractivity contribution >= 4 is 28.4 Å². The maximum absolute atomic E-state index is 12.6. The molecule has 0 N–H and O–H groups in total. The molecule has 2 amide bonds. The monoisotopic (exact) mass is 545 g/mol. The molecule has 0 fully saturated rings. The van der Waals surface area contributed by atoms with E-state index in [4.69, 9.17) is 14.5 Å². The lowest BCUT2D eigenvalue weighted by Gasteiger charge is -2.23. The quantitative estimate of drug-likeness (QED) is 0.131. The molecule has 1 aliphatic rings. The predicted octanol–water partition coefficient (Wildman–Crippen LogP) is 7.28. The van der Waals surface area contributed by atoms with Gasteiger partial charge in [-0.3, -0.25) is 19.5 Å². The van der Waals surface area contributed by atoms with Crippen LogP contribution in [0.15, 0.2) is 48.7 Å². The molecule has 0 unspecified atom stereocenters. The number of fused-ring (bicyclic) bond motifs is 2. The van der Waals surface area contributed by atoms with Crippen LogP contribution in [0.1, 0.15) is 91.8 Å². The molecule has 1 aliphatic heterocycles. The first-order valence-electron chi connectivity index (χ1n) is 14.8. The third kappa shape index (κ3) is 6.93. The van der Waals surface area contributed by atoms with Crippen LogP contribution in [0.3, 0.4) is 0 Å². The number of carbonyl (C=O) groups excluding carboxylic acids is 2. The van der Waals surface area contributed by atoms with E-state index in [1.54, 1.807) is 37.6 Å². The average Bonchev–Trinajstić information content (AvgIpc) is 3.22. The third-order valence-corrected chi connectivity index (χ3v) is 7.67. The number of amides is 2. The Morgan fingerprint density at radius 3 is 2.20 bits per heavy atom. The van der Waals surface area contributed by atoms with Crippen molar-refractivity contribution in [1.29, 1.82) is 0 Å². The van der Waals surface area contributed by atoms with E-state index in [1.165, 1.54) is 49.8 Å². The van der Waals surface area contributed by atoms with Crippen molar-refractivity contribution in [3.63, 3.8) is 0 Å². The molecule has 0 atom stereocenters. The van der Waals surface area contributed by atoms with Crippen molar-refractivity contribution in [2.45, 2.75) is 71.1 Å². The highest BCUT2D eigenvalue weighted by Crippen LogP contribution is 2.40. The van der Waals surface area contributed by atoms with Gasteiger partial charge < -0.3 is 14.4 Å².